The highest BCUT2D eigenvalue weighted by molar-refractivity contribution is 7.25. The Balaban J connectivity index is 1.15. The Labute approximate surface area is 287 Å². The lowest BCUT2D eigenvalue weighted by Gasteiger charge is -2.26. The fraction of sp³-hybridized carbons (Fsp3) is 0. The maximum absolute atomic E-state index is 6.55. The van der Waals surface area contributed by atoms with Crippen LogP contribution in [0.4, 0.5) is 17.1 Å². The lowest BCUT2D eigenvalue weighted by molar-refractivity contribution is 0.673. The molecule has 0 aliphatic heterocycles. The summed E-state index contributed by atoms with van der Waals surface area (Å²) in [5.74, 6) is 0. The summed E-state index contributed by atoms with van der Waals surface area (Å²) in [6.45, 7) is 0. The van der Waals surface area contributed by atoms with Crippen molar-refractivity contribution in [3.05, 3.63) is 176 Å². The molecule has 0 aliphatic carbocycles. The Bertz CT molecular complexity index is 2830. The van der Waals surface area contributed by atoms with E-state index in [1.54, 1.807) is 0 Å². The van der Waals surface area contributed by atoms with E-state index < -0.39 is 0 Å². The largest absolute Gasteiger partial charge is 0.455 e. The zero-order valence-electron chi connectivity index (χ0n) is 26.5. The first-order valence-corrected chi connectivity index (χ1v) is 17.4. The molecule has 10 aromatic rings. The van der Waals surface area contributed by atoms with Gasteiger partial charge in [0.2, 0.25) is 0 Å². The van der Waals surface area contributed by atoms with E-state index in [2.05, 4.69) is 181 Å². The van der Waals surface area contributed by atoms with Gasteiger partial charge in [-0.05, 0) is 82.2 Å². The maximum atomic E-state index is 6.55. The van der Waals surface area contributed by atoms with Gasteiger partial charge in [0, 0.05) is 53.4 Å². The Hall–Kier alpha value is -6.16. The monoisotopic (exact) mass is 643 g/mol. The van der Waals surface area contributed by atoms with Gasteiger partial charge in [-0.2, -0.15) is 0 Å². The van der Waals surface area contributed by atoms with Crippen LogP contribution >= 0.6 is 11.3 Å². The molecule has 3 heteroatoms. The number of hydrogen-bond acceptors (Lipinski definition) is 3. The van der Waals surface area contributed by atoms with Crippen LogP contribution in [-0.4, -0.2) is 0 Å². The first-order valence-electron chi connectivity index (χ1n) is 16.6. The van der Waals surface area contributed by atoms with Crippen LogP contribution in [0.25, 0.3) is 75.1 Å². The van der Waals surface area contributed by atoms with E-state index >= 15 is 0 Å². The topological polar surface area (TPSA) is 16.4 Å². The van der Waals surface area contributed by atoms with Gasteiger partial charge in [-0.1, -0.05) is 121 Å². The molecule has 0 spiro atoms. The van der Waals surface area contributed by atoms with Crippen molar-refractivity contribution in [1.82, 2.24) is 0 Å². The fourth-order valence-corrected chi connectivity index (χ4v) is 8.48. The molecule has 230 valence electrons. The number of thiophene rings is 1. The number of nitrogens with zero attached hydrogens (tertiary/aromatic N) is 1. The van der Waals surface area contributed by atoms with Crippen molar-refractivity contribution < 1.29 is 4.42 Å². The van der Waals surface area contributed by atoms with Gasteiger partial charge < -0.3 is 9.32 Å². The third-order valence-corrected chi connectivity index (χ3v) is 10.8. The molecule has 0 amide bonds. The zero-order chi connectivity index (χ0) is 32.3. The van der Waals surface area contributed by atoms with Crippen molar-refractivity contribution in [2.75, 3.05) is 4.90 Å². The fourth-order valence-electron chi connectivity index (χ4n) is 7.34. The van der Waals surface area contributed by atoms with Crippen LogP contribution in [0.5, 0.6) is 0 Å². The lowest BCUT2D eigenvalue weighted by atomic mass is 9.97. The van der Waals surface area contributed by atoms with Crippen molar-refractivity contribution in [1.29, 1.82) is 0 Å². The van der Waals surface area contributed by atoms with Gasteiger partial charge in [0.1, 0.15) is 11.2 Å². The zero-order valence-corrected chi connectivity index (χ0v) is 27.3. The molecule has 2 nitrogen and oxygen atoms in total. The van der Waals surface area contributed by atoms with Crippen LogP contribution < -0.4 is 4.90 Å². The molecular weight excluding hydrogens is 615 g/mol. The van der Waals surface area contributed by atoms with Gasteiger partial charge in [-0.3, -0.25) is 0 Å². The second-order valence-electron chi connectivity index (χ2n) is 12.5. The highest BCUT2D eigenvalue weighted by Gasteiger charge is 2.18. The molecule has 49 heavy (non-hydrogen) atoms. The number of furan rings is 1. The molecule has 0 atom stereocenters. The average Bonchev–Trinajstić information content (AvgIpc) is 3.74. The molecule has 0 saturated carbocycles. The molecule has 0 unspecified atom stereocenters. The minimum atomic E-state index is 0.901. The van der Waals surface area contributed by atoms with Gasteiger partial charge in [-0.15, -0.1) is 11.3 Å². The van der Waals surface area contributed by atoms with Crippen LogP contribution in [0.2, 0.25) is 0 Å². The third-order valence-electron chi connectivity index (χ3n) is 9.66. The summed E-state index contributed by atoms with van der Waals surface area (Å²) in [5, 5.41) is 7.20. The maximum Gasteiger partial charge on any atom is 0.143 e. The second kappa shape index (κ2) is 11.2. The predicted molar refractivity (Wildman–Crippen MR) is 210 cm³/mol. The van der Waals surface area contributed by atoms with Gasteiger partial charge in [0.15, 0.2) is 0 Å². The first kappa shape index (κ1) is 27.9. The van der Waals surface area contributed by atoms with Gasteiger partial charge >= 0.3 is 0 Å². The highest BCUT2D eigenvalue weighted by Crippen LogP contribution is 2.44. The van der Waals surface area contributed by atoms with E-state index in [0.717, 1.165) is 55.5 Å². The normalized spacial score (nSPS) is 11.7. The van der Waals surface area contributed by atoms with Crippen LogP contribution in [0.3, 0.4) is 0 Å². The minimum absolute atomic E-state index is 0.901. The molecule has 0 bridgehead atoms. The summed E-state index contributed by atoms with van der Waals surface area (Å²) < 4.78 is 9.14. The van der Waals surface area contributed by atoms with Gasteiger partial charge in [0.25, 0.3) is 0 Å². The van der Waals surface area contributed by atoms with E-state index in [1.165, 1.54) is 36.7 Å². The molecular formula is C46H29NOS. The third kappa shape index (κ3) is 4.62. The van der Waals surface area contributed by atoms with Gasteiger partial charge in [0.05, 0.1) is 0 Å². The van der Waals surface area contributed by atoms with E-state index in [1.807, 2.05) is 11.3 Å². The van der Waals surface area contributed by atoms with E-state index in [9.17, 15) is 0 Å². The quantitative estimate of drug-likeness (QED) is 0.186. The molecule has 0 radical (unpaired) electrons. The SMILES string of the molecule is c1ccc(-c2ccc(N(c3cccc(-c4cccc5oc6c7ccccc7ccc6c45)c3)c3ccc4c(c3)sc3ccccc34)cc2)cc1. The van der Waals surface area contributed by atoms with Crippen LogP contribution in [-0.2, 0) is 0 Å². The smallest absolute Gasteiger partial charge is 0.143 e. The van der Waals surface area contributed by atoms with Crippen molar-refractivity contribution in [2.24, 2.45) is 0 Å². The van der Waals surface area contributed by atoms with Crippen LogP contribution in [0, 0.1) is 0 Å². The Kier molecular flexibility index (Phi) is 6.39. The van der Waals surface area contributed by atoms with Crippen molar-refractivity contribution in [3.63, 3.8) is 0 Å². The number of fused-ring (bicyclic) bond motifs is 8. The minimum Gasteiger partial charge on any atom is -0.455 e. The Morgan fingerprint density at radius 1 is 0.408 bits per heavy atom. The Morgan fingerprint density at radius 2 is 1.08 bits per heavy atom. The average molecular weight is 644 g/mol. The van der Waals surface area contributed by atoms with E-state index in [0.29, 0.717) is 0 Å². The highest BCUT2D eigenvalue weighted by atomic mass is 32.1. The number of anilines is 3. The summed E-state index contributed by atoms with van der Waals surface area (Å²) in [5.41, 5.74) is 9.89. The number of benzene rings is 8. The summed E-state index contributed by atoms with van der Waals surface area (Å²) in [4.78, 5) is 2.38. The second-order valence-corrected chi connectivity index (χ2v) is 13.6. The Morgan fingerprint density at radius 3 is 1.98 bits per heavy atom. The molecule has 0 saturated heterocycles. The van der Waals surface area contributed by atoms with Gasteiger partial charge in [-0.25, -0.2) is 0 Å². The van der Waals surface area contributed by atoms with Crippen LogP contribution in [0.15, 0.2) is 180 Å². The lowest BCUT2D eigenvalue weighted by Crippen LogP contribution is -2.10. The number of hydrogen-bond donors (Lipinski definition) is 0. The van der Waals surface area contributed by atoms with Crippen molar-refractivity contribution >= 4 is 81.3 Å². The summed E-state index contributed by atoms with van der Waals surface area (Å²) in [6, 6.07) is 63.2. The first-order chi connectivity index (χ1) is 24.3. The van der Waals surface area contributed by atoms with Crippen molar-refractivity contribution in [2.45, 2.75) is 0 Å². The standard InChI is InChI=1S/C46H29NOS/c1-2-10-30(11-3-1)31-20-23-34(24-21-31)47(36-25-27-40-39-16-6-7-19-43(39)49-44(40)29-36)35-14-8-13-33(28-35)37-17-9-18-42-45(37)41-26-22-32-12-4-5-15-38(32)46(41)48-42/h1-29H. The number of rotatable bonds is 5. The van der Waals surface area contributed by atoms with E-state index in [4.69, 9.17) is 4.42 Å². The molecule has 8 aromatic carbocycles. The molecule has 0 N–H and O–H groups in total. The van der Waals surface area contributed by atoms with Crippen molar-refractivity contribution in [3.8, 4) is 22.3 Å². The summed E-state index contributed by atoms with van der Waals surface area (Å²) in [6.07, 6.45) is 0. The summed E-state index contributed by atoms with van der Waals surface area (Å²) in [7, 11) is 0. The summed E-state index contributed by atoms with van der Waals surface area (Å²) >= 11 is 1.85. The molecule has 0 aliphatic rings. The molecule has 2 aromatic heterocycles. The predicted octanol–water partition coefficient (Wildman–Crippen LogP) is 13.9. The van der Waals surface area contributed by atoms with Crippen LogP contribution in [0.1, 0.15) is 0 Å². The molecule has 0 fully saturated rings. The molecule has 2 heterocycles. The van der Waals surface area contributed by atoms with E-state index in [-0.39, 0.29) is 0 Å². The molecule has 10 rings (SSSR count).